The second-order valence-corrected chi connectivity index (χ2v) is 18.6. The van der Waals surface area contributed by atoms with Crippen molar-refractivity contribution in [2.24, 2.45) is 0 Å². The predicted octanol–water partition coefficient (Wildman–Crippen LogP) is 12.9. The van der Waals surface area contributed by atoms with Gasteiger partial charge in [-0.25, -0.2) is 0 Å². The van der Waals surface area contributed by atoms with Crippen molar-refractivity contribution in [3.05, 3.63) is 24.3 Å². The Balaban J connectivity index is 4.90. The van der Waals surface area contributed by atoms with Crippen molar-refractivity contribution in [1.29, 1.82) is 0 Å². The van der Waals surface area contributed by atoms with Crippen molar-refractivity contribution in [2.45, 2.75) is 238 Å². The summed E-state index contributed by atoms with van der Waals surface area (Å²) >= 11 is 0. The van der Waals surface area contributed by atoms with E-state index in [9.17, 15) is 19.7 Å². The summed E-state index contributed by atoms with van der Waals surface area (Å²) < 4.78 is 25.6. The van der Waals surface area contributed by atoms with Gasteiger partial charge in [0.1, 0.15) is 24.4 Å². The number of nitrogens with zero attached hydrogens (tertiary/aromatic N) is 1. The van der Waals surface area contributed by atoms with Crippen LogP contribution in [0.15, 0.2) is 24.3 Å². The van der Waals surface area contributed by atoms with Gasteiger partial charge in [-0.15, -0.1) is 0 Å². The van der Waals surface area contributed by atoms with Gasteiger partial charge in [0.05, 0.1) is 27.7 Å². The molecule has 0 saturated heterocycles. The van der Waals surface area contributed by atoms with Crippen LogP contribution in [0.2, 0.25) is 0 Å². The van der Waals surface area contributed by atoms with E-state index in [-0.39, 0.29) is 0 Å². The summed E-state index contributed by atoms with van der Waals surface area (Å²) in [6.45, 7) is 6.41. The highest BCUT2D eigenvalue weighted by atomic mass is 31.2. The largest absolute Gasteiger partial charge is 0.756 e. The maximum Gasteiger partial charge on any atom is 0.268 e. The summed E-state index contributed by atoms with van der Waals surface area (Å²) in [6.07, 6.45) is 42.2. The summed E-state index contributed by atoms with van der Waals surface area (Å²) in [7, 11) is 1.25. The number of aliphatic hydroxyl groups excluding tert-OH is 2. The Morgan fingerprint density at radius 2 is 0.926 bits per heavy atom. The van der Waals surface area contributed by atoms with Gasteiger partial charge in [0, 0.05) is 0 Å². The number of unbranched alkanes of at least 4 members (excludes halogenated alkanes) is 24. The number of hydrogen-bond acceptors (Lipinski definition) is 6. The molecule has 0 aliphatic heterocycles. The number of aliphatic hydroxyl groups is 2. The zero-order chi connectivity index (χ0) is 40.2. The van der Waals surface area contributed by atoms with Crippen LogP contribution >= 0.6 is 7.82 Å². The third kappa shape index (κ3) is 32.5. The van der Waals surface area contributed by atoms with Crippen LogP contribution in [0.25, 0.3) is 0 Å². The number of allylic oxidation sites excluding steroid dienone is 4. The second-order valence-electron chi connectivity index (χ2n) is 17.3. The molecular formula is C46H92NO6P. The molecule has 2 N–H and O–H groups in total. The second kappa shape index (κ2) is 35.6. The van der Waals surface area contributed by atoms with Gasteiger partial charge in [0.25, 0.3) is 7.82 Å². The van der Waals surface area contributed by atoms with Crippen LogP contribution in [0.5, 0.6) is 0 Å². The maximum absolute atomic E-state index is 13.4. The number of phosphoric ester groups is 1. The molecule has 3 atom stereocenters. The molecule has 7 nitrogen and oxygen atoms in total. The minimum Gasteiger partial charge on any atom is -0.756 e. The fourth-order valence-corrected chi connectivity index (χ4v) is 8.77. The van der Waals surface area contributed by atoms with Crippen molar-refractivity contribution in [1.82, 2.24) is 0 Å². The van der Waals surface area contributed by atoms with Gasteiger partial charge in [0.2, 0.25) is 0 Å². The molecule has 0 heterocycles. The summed E-state index contributed by atoms with van der Waals surface area (Å²) in [5.41, 5.74) is -1.39. The van der Waals surface area contributed by atoms with Crippen LogP contribution in [-0.4, -0.2) is 66.8 Å². The fourth-order valence-electron chi connectivity index (χ4n) is 7.39. The molecule has 0 fully saturated rings. The van der Waals surface area contributed by atoms with Gasteiger partial charge in [-0.2, -0.15) is 0 Å². The van der Waals surface area contributed by atoms with Gasteiger partial charge >= 0.3 is 0 Å². The van der Waals surface area contributed by atoms with Crippen molar-refractivity contribution < 1.29 is 33.2 Å². The fraction of sp³-hybridized carbons (Fsp3) is 0.913. The lowest BCUT2D eigenvalue weighted by Crippen LogP contribution is -2.48. The van der Waals surface area contributed by atoms with Crippen LogP contribution in [0.1, 0.15) is 220 Å². The lowest BCUT2D eigenvalue weighted by molar-refractivity contribution is -0.873. The standard InChI is InChI=1S/C46H92NO6P/c1-7-10-12-14-16-18-20-22-24-26-28-30-32-34-36-38-40-46(45(49)43-48,53-54(50,51)52-44(9-3)42-47(4,5)6)41-39-37-35-33-31-29-27-25-23-21-19-17-15-13-11-8-2/h22-25,44-45,48-49H,7-21,26-43H2,1-6H3/b24-22-,25-23-/t44?,45-/m0/s1. The van der Waals surface area contributed by atoms with Gasteiger partial charge in [-0.05, 0) is 70.6 Å². The number of hydrogen-bond donors (Lipinski definition) is 2. The van der Waals surface area contributed by atoms with E-state index in [0.717, 1.165) is 64.2 Å². The molecule has 0 radical (unpaired) electrons. The average Bonchev–Trinajstić information content (AvgIpc) is 3.12. The van der Waals surface area contributed by atoms with E-state index < -0.39 is 32.2 Å². The van der Waals surface area contributed by atoms with Crippen LogP contribution in [-0.2, 0) is 13.6 Å². The van der Waals surface area contributed by atoms with Crippen LogP contribution < -0.4 is 4.89 Å². The first kappa shape index (κ1) is 53.5. The summed E-state index contributed by atoms with van der Waals surface area (Å²) in [6, 6.07) is 0. The quantitative estimate of drug-likeness (QED) is 0.0277. The predicted molar refractivity (Wildman–Crippen MR) is 231 cm³/mol. The van der Waals surface area contributed by atoms with E-state index in [1.807, 2.05) is 28.1 Å². The lowest BCUT2D eigenvalue weighted by Gasteiger charge is -2.43. The Bertz CT molecular complexity index is 877. The van der Waals surface area contributed by atoms with Crippen molar-refractivity contribution in [2.75, 3.05) is 34.3 Å². The van der Waals surface area contributed by atoms with Crippen LogP contribution in [0.4, 0.5) is 0 Å². The van der Waals surface area contributed by atoms with E-state index in [0.29, 0.717) is 30.3 Å². The van der Waals surface area contributed by atoms with E-state index in [2.05, 4.69) is 38.2 Å². The monoisotopic (exact) mass is 786 g/mol. The maximum atomic E-state index is 13.4. The van der Waals surface area contributed by atoms with Crippen LogP contribution in [0, 0.1) is 0 Å². The van der Waals surface area contributed by atoms with Gasteiger partial charge in [0.15, 0.2) is 0 Å². The van der Waals surface area contributed by atoms with E-state index in [1.54, 1.807) is 0 Å². The van der Waals surface area contributed by atoms with Crippen molar-refractivity contribution >= 4 is 7.82 Å². The first-order valence-corrected chi connectivity index (χ1v) is 24.5. The molecule has 8 heteroatoms. The Kier molecular flexibility index (Phi) is 35.3. The molecule has 0 aromatic carbocycles. The number of phosphoric acid groups is 1. The zero-order valence-electron chi connectivity index (χ0n) is 36.7. The Morgan fingerprint density at radius 3 is 1.24 bits per heavy atom. The zero-order valence-corrected chi connectivity index (χ0v) is 37.6. The molecule has 0 aliphatic carbocycles. The highest BCUT2D eigenvalue weighted by molar-refractivity contribution is 7.45. The minimum absolute atomic E-state index is 0.378. The first-order valence-electron chi connectivity index (χ1n) is 23.0. The molecule has 0 rings (SSSR count). The summed E-state index contributed by atoms with van der Waals surface area (Å²) in [5, 5.41) is 21.3. The molecule has 0 saturated carbocycles. The van der Waals surface area contributed by atoms with Crippen molar-refractivity contribution in [3.63, 3.8) is 0 Å². The Hall–Kier alpha value is -0.530. The average molecular weight is 786 g/mol. The van der Waals surface area contributed by atoms with Crippen molar-refractivity contribution in [3.8, 4) is 0 Å². The third-order valence-electron chi connectivity index (χ3n) is 10.8. The third-order valence-corrected chi connectivity index (χ3v) is 11.9. The van der Waals surface area contributed by atoms with Gasteiger partial charge < -0.3 is 28.6 Å². The molecule has 0 amide bonds. The molecule has 2 unspecified atom stereocenters. The number of quaternary nitrogens is 1. The van der Waals surface area contributed by atoms with Gasteiger partial charge in [-0.3, -0.25) is 4.57 Å². The highest BCUT2D eigenvalue weighted by Crippen LogP contribution is 2.49. The highest BCUT2D eigenvalue weighted by Gasteiger charge is 2.42. The Morgan fingerprint density at radius 1 is 0.593 bits per heavy atom. The molecular weight excluding hydrogens is 693 g/mol. The molecule has 0 spiro atoms. The molecule has 54 heavy (non-hydrogen) atoms. The molecule has 0 aliphatic rings. The summed E-state index contributed by atoms with van der Waals surface area (Å²) in [5.74, 6) is 0. The number of likely N-dealkylation sites (N-methyl/N-ethyl adjacent to an activating group) is 1. The molecule has 0 aromatic heterocycles. The smallest absolute Gasteiger partial charge is 0.268 e. The summed E-state index contributed by atoms with van der Waals surface area (Å²) in [4.78, 5) is 13.4. The Labute approximate surface area is 336 Å². The normalized spacial score (nSPS) is 15.1. The lowest BCUT2D eigenvalue weighted by atomic mass is 9.85. The number of rotatable bonds is 41. The van der Waals surface area contributed by atoms with Gasteiger partial charge in [-0.1, -0.05) is 173 Å². The van der Waals surface area contributed by atoms with E-state index >= 15 is 0 Å². The SMILES string of the molecule is CCCCCCCC/C=C\CCCCCCCCC(CCCCCCCC/C=C\CCCCCCCC)(OP(=O)([O-])OC(CC)C[N+](C)(C)C)[C@@H](O)CO. The van der Waals surface area contributed by atoms with E-state index in [4.69, 9.17) is 9.05 Å². The first-order chi connectivity index (χ1) is 25.9. The van der Waals surface area contributed by atoms with E-state index in [1.165, 1.54) is 116 Å². The minimum atomic E-state index is -4.77. The molecule has 0 bridgehead atoms. The molecule has 0 aromatic rings. The molecule has 322 valence electrons. The topological polar surface area (TPSA) is 99.1 Å². The van der Waals surface area contributed by atoms with Crippen LogP contribution in [0.3, 0.4) is 0 Å².